The second-order valence-corrected chi connectivity index (χ2v) is 4.87. The molecule has 102 valence electrons. The predicted octanol–water partition coefficient (Wildman–Crippen LogP) is 0.938. The van der Waals surface area contributed by atoms with Crippen LogP contribution in [-0.4, -0.2) is 38.3 Å². The Labute approximate surface area is 112 Å². The van der Waals surface area contributed by atoms with Crippen LogP contribution in [0, 0.1) is 0 Å². The number of hydrogen-bond acceptors (Lipinski definition) is 4. The minimum absolute atomic E-state index is 0.00688. The Hall–Kier alpha value is -1.59. The lowest BCUT2D eigenvalue weighted by Gasteiger charge is -2.23. The van der Waals surface area contributed by atoms with Crippen LogP contribution in [0.4, 0.5) is 5.69 Å². The van der Waals surface area contributed by atoms with Gasteiger partial charge in [0.05, 0.1) is 25.7 Å². The first kappa shape index (κ1) is 12.4. The molecule has 2 aliphatic heterocycles. The van der Waals surface area contributed by atoms with E-state index in [1.54, 1.807) is 0 Å². The minimum Gasteiger partial charge on any atom is -0.493 e. The highest BCUT2D eigenvalue weighted by Gasteiger charge is 2.18. The van der Waals surface area contributed by atoms with Crippen LogP contribution >= 0.6 is 0 Å². The van der Waals surface area contributed by atoms with Gasteiger partial charge >= 0.3 is 0 Å². The van der Waals surface area contributed by atoms with Crippen molar-refractivity contribution in [3.63, 3.8) is 0 Å². The summed E-state index contributed by atoms with van der Waals surface area (Å²) in [5.74, 6) is 0.922. The normalized spacial score (nSPS) is 21.6. The van der Waals surface area contributed by atoms with E-state index in [1.807, 2.05) is 18.2 Å². The largest absolute Gasteiger partial charge is 0.493 e. The number of hydrogen-bond donors (Lipinski definition) is 2. The monoisotopic (exact) mass is 262 g/mol. The molecule has 2 N–H and O–H groups in total. The van der Waals surface area contributed by atoms with Crippen LogP contribution in [0.3, 0.4) is 0 Å². The molecule has 0 aromatic heterocycles. The van der Waals surface area contributed by atoms with Gasteiger partial charge in [0, 0.05) is 25.2 Å². The molecule has 1 aromatic rings. The summed E-state index contributed by atoms with van der Waals surface area (Å²) in [7, 11) is 0. The van der Waals surface area contributed by atoms with Crippen LogP contribution in [-0.2, 0) is 16.0 Å². The summed E-state index contributed by atoms with van der Waals surface area (Å²) < 4.78 is 11.0. The molecule has 1 saturated heterocycles. The van der Waals surface area contributed by atoms with Crippen LogP contribution in [0.2, 0.25) is 0 Å². The molecule has 1 unspecified atom stereocenters. The van der Waals surface area contributed by atoms with Crippen molar-refractivity contribution in [2.75, 3.05) is 31.6 Å². The third-order valence-electron chi connectivity index (χ3n) is 3.39. The van der Waals surface area contributed by atoms with Crippen molar-refractivity contribution < 1.29 is 14.3 Å². The van der Waals surface area contributed by atoms with Gasteiger partial charge < -0.3 is 20.1 Å². The van der Waals surface area contributed by atoms with Crippen molar-refractivity contribution in [3.8, 4) is 5.75 Å². The molecule has 1 atom stereocenters. The lowest BCUT2D eigenvalue weighted by molar-refractivity contribution is -0.119. The first-order chi connectivity index (χ1) is 9.31. The van der Waals surface area contributed by atoms with E-state index in [1.165, 1.54) is 0 Å². The number of morpholine rings is 1. The zero-order valence-corrected chi connectivity index (χ0v) is 10.8. The van der Waals surface area contributed by atoms with Crippen molar-refractivity contribution >= 4 is 11.6 Å². The topological polar surface area (TPSA) is 59.6 Å². The van der Waals surface area contributed by atoms with Crippen molar-refractivity contribution in [3.05, 3.63) is 23.8 Å². The fourth-order valence-corrected chi connectivity index (χ4v) is 2.43. The first-order valence-electron chi connectivity index (χ1n) is 6.69. The molecule has 0 spiro atoms. The summed E-state index contributed by atoms with van der Waals surface area (Å²) in [4.78, 5) is 11.9. The molecule has 0 aliphatic carbocycles. The minimum atomic E-state index is -0.0217. The smallest absolute Gasteiger partial charge is 0.227 e. The first-order valence-corrected chi connectivity index (χ1v) is 6.69. The van der Waals surface area contributed by atoms with E-state index in [-0.39, 0.29) is 12.0 Å². The number of nitrogens with one attached hydrogen (secondary N) is 2. The van der Waals surface area contributed by atoms with Gasteiger partial charge in [-0.15, -0.1) is 0 Å². The highest BCUT2D eigenvalue weighted by atomic mass is 16.5. The van der Waals surface area contributed by atoms with Crippen molar-refractivity contribution in [1.29, 1.82) is 0 Å². The molecule has 0 bridgehead atoms. The standard InChI is InChI=1S/C14H18N2O3/c17-14(8-12-9-15-4-6-18-12)16-11-1-2-13-10(7-11)3-5-19-13/h1-2,7,12,15H,3-6,8-9H2,(H,16,17). The Morgan fingerprint density at radius 3 is 3.21 bits per heavy atom. The van der Waals surface area contributed by atoms with Gasteiger partial charge in [-0.05, 0) is 23.8 Å². The van der Waals surface area contributed by atoms with Crippen LogP contribution < -0.4 is 15.4 Å². The Bertz CT molecular complexity index is 470. The maximum absolute atomic E-state index is 11.9. The van der Waals surface area contributed by atoms with Gasteiger partial charge in [-0.3, -0.25) is 4.79 Å². The second kappa shape index (κ2) is 5.59. The van der Waals surface area contributed by atoms with Crippen molar-refractivity contribution in [2.45, 2.75) is 18.9 Å². The van der Waals surface area contributed by atoms with E-state index in [0.29, 0.717) is 13.0 Å². The summed E-state index contributed by atoms with van der Waals surface area (Å²) >= 11 is 0. The number of carbonyl (C=O) groups is 1. The summed E-state index contributed by atoms with van der Waals surface area (Å²) in [6.07, 6.45) is 1.28. The molecule has 0 saturated carbocycles. The number of amides is 1. The number of rotatable bonds is 3. The molecule has 19 heavy (non-hydrogen) atoms. The van der Waals surface area contributed by atoms with Gasteiger partial charge in [0.2, 0.25) is 5.91 Å². The highest BCUT2D eigenvalue weighted by Crippen LogP contribution is 2.27. The van der Waals surface area contributed by atoms with E-state index < -0.39 is 0 Å². The van der Waals surface area contributed by atoms with Crippen LogP contribution in [0.25, 0.3) is 0 Å². The third kappa shape index (κ3) is 3.05. The molecule has 5 nitrogen and oxygen atoms in total. The van der Waals surface area contributed by atoms with E-state index in [4.69, 9.17) is 9.47 Å². The van der Waals surface area contributed by atoms with Crippen molar-refractivity contribution in [1.82, 2.24) is 5.32 Å². The van der Waals surface area contributed by atoms with Crippen LogP contribution in [0.1, 0.15) is 12.0 Å². The number of benzene rings is 1. The number of carbonyl (C=O) groups excluding carboxylic acids is 1. The molecule has 2 aliphatic rings. The lowest BCUT2D eigenvalue weighted by atomic mass is 10.1. The lowest BCUT2D eigenvalue weighted by Crippen LogP contribution is -2.40. The molecule has 1 fully saturated rings. The SMILES string of the molecule is O=C(CC1CNCCO1)Nc1ccc2c(c1)CCO2. The van der Waals surface area contributed by atoms with E-state index >= 15 is 0 Å². The second-order valence-electron chi connectivity index (χ2n) is 4.87. The maximum Gasteiger partial charge on any atom is 0.227 e. The zero-order valence-electron chi connectivity index (χ0n) is 10.8. The molecule has 5 heteroatoms. The van der Waals surface area contributed by atoms with E-state index in [2.05, 4.69) is 10.6 Å². The van der Waals surface area contributed by atoms with Gasteiger partial charge in [-0.2, -0.15) is 0 Å². The van der Waals surface area contributed by atoms with Gasteiger partial charge in [-0.1, -0.05) is 0 Å². The Morgan fingerprint density at radius 1 is 1.42 bits per heavy atom. The summed E-state index contributed by atoms with van der Waals surface area (Å²) in [5, 5.41) is 6.13. The highest BCUT2D eigenvalue weighted by molar-refractivity contribution is 5.91. The Balaban J connectivity index is 1.56. The molecule has 3 rings (SSSR count). The van der Waals surface area contributed by atoms with Gasteiger partial charge in [0.15, 0.2) is 0 Å². The van der Waals surface area contributed by atoms with Gasteiger partial charge in [0.1, 0.15) is 5.75 Å². The zero-order chi connectivity index (χ0) is 13.1. The fourth-order valence-electron chi connectivity index (χ4n) is 2.43. The molecular formula is C14H18N2O3. The average Bonchev–Trinajstić information content (AvgIpc) is 2.87. The Morgan fingerprint density at radius 2 is 2.37 bits per heavy atom. The molecular weight excluding hydrogens is 244 g/mol. The Kier molecular flexibility index (Phi) is 3.66. The average molecular weight is 262 g/mol. The van der Waals surface area contributed by atoms with Crippen LogP contribution in [0.15, 0.2) is 18.2 Å². The number of anilines is 1. The summed E-state index contributed by atoms with van der Waals surface area (Å²) in [5.41, 5.74) is 1.99. The third-order valence-corrected chi connectivity index (χ3v) is 3.39. The summed E-state index contributed by atoms with van der Waals surface area (Å²) in [6, 6.07) is 5.78. The van der Waals surface area contributed by atoms with Gasteiger partial charge in [0.25, 0.3) is 0 Å². The van der Waals surface area contributed by atoms with Crippen molar-refractivity contribution in [2.24, 2.45) is 0 Å². The molecule has 0 radical (unpaired) electrons. The molecule has 1 amide bonds. The number of fused-ring (bicyclic) bond motifs is 1. The predicted molar refractivity (Wildman–Crippen MR) is 71.5 cm³/mol. The maximum atomic E-state index is 11.9. The fraction of sp³-hybridized carbons (Fsp3) is 0.500. The number of ether oxygens (including phenoxy) is 2. The summed E-state index contributed by atoms with van der Waals surface area (Å²) in [6.45, 7) is 3.01. The van der Waals surface area contributed by atoms with E-state index in [0.717, 1.165) is 43.1 Å². The molecule has 1 aromatic carbocycles. The van der Waals surface area contributed by atoms with Gasteiger partial charge in [-0.25, -0.2) is 0 Å². The molecule has 2 heterocycles. The van der Waals surface area contributed by atoms with E-state index in [9.17, 15) is 4.79 Å². The quantitative estimate of drug-likeness (QED) is 0.851. The van der Waals surface area contributed by atoms with Crippen LogP contribution in [0.5, 0.6) is 5.75 Å².